The minimum atomic E-state index is -0.354. The van der Waals surface area contributed by atoms with Crippen molar-refractivity contribution in [3.8, 4) is 0 Å². The smallest absolute Gasteiger partial charge is 0.0620 e. The van der Waals surface area contributed by atoms with Crippen molar-refractivity contribution in [2.75, 3.05) is 6.54 Å². The zero-order chi connectivity index (χ0) is 14.8. The Morgan fingerprint density at radius 2 is 1.65 bits per heavy atom. The Kier molecular flexibility index (Phi) is 8.92. The lowest BCUT2D eigenvalue weighted by molar-refractivity contribution is 0.132. The molecular formula is C17H28ClNO. The molecule has 0 spiro atoms. The van der Waals surface area contributed by atoms with E-state index in [1.165, 1.54) is 32.1 Å². The van der Waals surface area contributed by atoms with E-state index in [1.54, 1.807) is 0 Å². The summed E-state index contributed by atoms with van der Waals surface area (Å²) in [7, 11) is 0. The van der Waals surface area contributed by atoms with Crippen LogP contribution in [0.4, 0.5) is 0 Å². The first-order valence-electron chi connectivity index (χ1n) is 7.82. The van der Waals surface area contributed by atoms with Crippen LogP contribution in [0.2, 0.25) is 5.02 Å². The molecule has 0 aromatic heterocycles. The lowest BCUT2D eigenvalue weighted by Gasteiger charge is -2.22. The third kappa shape index (κ3) is 6.25. The van der Waals surface area contributed by atoms with Gasteiger partial charge >= 0.3 is 0 Å². The molecule has 0 aliphatic heterocycles. The molecule has 0 fully saturated rings. The van der Waals surface area contributed by atoms with Gasteiger partial charge in [0.25, 0.3) is 0 Å². The number of aliphatic hydroxyl groups is 1. The summed E-state index contributed by atoms with van der Waals surface area (Å²) in [5, 5.41) is 11.0. The highest BCUT2D eigenvalue weighted by molar-refractivity contribution is 6.30. The number of rotatable bonds is 10. The van der Waals surface area contributed by atoms with Crippen molar-refractivity contribution in [3.05, 3.63) is 34.9 Å². The number of halogens is 1. The number of benzene rings is 1. The first-order chi connectivity index (χ1) is 9.69. The summed E-state index contributed by atoms with van der Waals surface area (Å²) in [5.74, 6) is 0.0166. The van der Waals surface area contributed by atoms with Crippen LogP contribution in [0.25, 0.3) is 0 Å². The van der Waals surface area contributed by atoms with Crippen LogP contribution >= 0.6 is 11.6 Å². The van der Waals surface area contributed by atoms with E-state index in [1.807, 2.05) is 24.3 Å². The molecule has 1 aromatic rings. The van der Waals surface area contributed by atoms with Gasteiger partial charge < -0.3 is 10.8 Å². The number of aliphatic hydroxyl groups excluding tert-OH is 1. The maximum absolute atomic E-state index is 10.3. The van der Waals surface area contributed by atoms with Gasteiger partial charge in [0.15, 0.2) is 0 Å². The third-order valence-electron chi connectivity index (χ3n) is 3.87. The predicted molar refractivity (Wildman–Crippen MR) is 87.2 cm³/mol. The van der Waals surface area contributed by atoms with E-state index in [0.717, 1.165) is 23.4 Å². The highest BCUT2D eigenvalue weighted by atomic mass is 35.5. The maximum atomic E-state index is 10.3. The lowest BCUT2D eigenvalue weighted by Crippen LogP contribution is -2.25. The fraction of sp³-hybridized carbons (Fsp3) is 0.647. The Balaban J connectivity index is 2.35. The van der Waals surface area contributed by atoms with Crippen molar-refractivity contribution >= 4 is 11.6 Å². The number of nitrogens with two attached hydrogens (primary N) is 1. The number of unbranched alkanes of at least 4 members (excludes halogenated alkanes) is 5. The van der Waals surface area contributed by atoms with Crippen molar-refractivity contribution in [1.29, 1.82) is 0 Å². The summed E-state index contributed by atoms with van der Waals surface area (Å²) in [5.41, 5.74) is 6.90. The van der Waals surface area contributed by atoms with Gasteiger partial charge in [-0.25, -0.2) is 0 Å². The second kappa shape index (κ2) is 10.2. The summed E-state index contributed by atoms with van der Waals surface area (Å²) >= 11 is 5.89. The molecule has 0 aliphatic carbocycles. The van der Waals surface area contributed by atoms with Crippen molar-refractivity contribution in [3.63, 3.8) is 0 Å². The monoisotopic (exact) mass is 297 g/mol. The standard InChI is InChI=1S/C17H28ClNO/c1-2-3-4-5-6-7-8-17(20)16(13-19)14-9-11-15(18)12-10-14/h9-12,16-17,20H,2-8,13,19H2,1H3. The van der Waals surface area contributed by atoms with Crippen LogP contribution in [0.1, 0.15) is 63.4 Å². The van der Waals surface area contributed by atoms with Crippen molar-refractivity contribution in [2.24, 2.45) is 5.73 Å². The highest BCUT2D eigenvalue weighted by Crippen LogP contribution is 2.24. The minimum Gasteiger partial charge on any atom is -0.392 e. The van der Waals surface area contributed by atoms with E-state index >= 15 is 0 Å². The van der Waals surface area contributed by atoms with Gasteiger partial charge in [0.1, 0.15) is 0 Å². The van der Waals surface area contributed by atoms with Crippen molar-refractivity contribution in [1.82, 2.24) is 0 Å². The van der Waals surface area contributed by atoms with Crippen LogP contribution in [0.5, 0.6) is 0 Å². The molecule has 0 heterocycles. The number of hydrogen-bond donors (Lipinski definition) is 2. The van der Waals surface area contributed by atoms with Gasteiger partial charge in [0, 0.05) is 17.5 Å². The zero-order valence-corrected chi connectivity index (χ0v) is 13.3. The Morgan fingerprint density at radius 3 is 2.25 bits per heavy atom. The van der Waals surface area contributed by atoms with Gasteiger partial charge in [-0.05, 0) is 24.1 Å². The van der Waals surface area contributed by atoms with E-state index < -0.39 is 0 Å². The average Bonchev–Trinajstić information content (AvgIpc) is 2.45. The topological polar surface area (TPSA) is 46.2 Å². The Bertz CT molecular complexity index is 353. The van der Waals surface area contributed by atoms with Crippen LogP contribution in [-0.4, -0.2) is 17.8 Å². The van der Waals surface area contributed by atoms with Crippen LogP contribution < -0.4 is 5.73 Å². The van der Waals surface area contributed by atoms with Crippen molar-refractivity contribution in [2.45, 2.75) is 63.9 Å². The maximum Gasteiger partial charge on any atom is 0.0620 e. The van der Waals surface area contributed by atoms with Crippen LogP contribution in [0.3, 0.4) is 0 Å². The lowest BCUT2D eigenvalue weighted by atomic mass is 9.90. The summed E-state index contributed by atoms with van der Waals surface area (Å²) in [6, 6.07) is 7.64. The van der Waals surface area contributed by atoms with E-state index in [0.29, 0.717) is 6.54 Å². The molecule has 0 saturated heterocycles. The molecule has 0 amide bonds. The van der Waals surface area contributed by atoms with Crippen LogP contribution in [0.15, 0.2) is 24.3 Å². The molecule has 0 saturated carbocycles. The molecule has 2 unspecified atom stereocenters. The molecule has 1 rings (SSSR count). The molecule has 3 N–H and O–H groups in total. The molecule has 1 aromatic carbocycles. The summed E-state index contributed by atoms with van der Waals surface area (Å²) in [6.07, 6.45) is 7.93. The molecule has 0 aliphatic rings. The quantitative estimate of drug-likeness (QED) is 0.625. The van der Waals surface area contributed by atoms with Crippen molar-refractivity contribution < 1.29 is 5.11 Å². The Labute approximate surface area is 128 Å². The largest absolute Gasteiger partial charge is 0.392 e. The third-order valence-corrected chi connectivity index (χ3v) is 4.12. The van der Waals surface area contributed by atoms with E-state index in [9.17, 15) is 5.11 Å². The second-order valence-corrected chi connectivity index (χ2v) is 5.95. The first kappa shape index (κ1) is 17.5. The second-order valence-electron chi connectivity index (χ2n) is 5.52. The molecule has 114 valence electrons. The van der Waals surface area contributed by atoms with Gasteiger partial charge in [0.05, 0.1) is 6.10 Å². The average molecular weight is 298 g/mol. The van der Waals surface area contributed by atoms with E-state index in [2.05, 4.69) is 6.92 Å². The SMILES string of the molecule is CCCCCCCCC(O)C(CN)c1ccc(Cl)cc1. The van der Waals surface area contributed by atoms with Crippen LogP contribution in [0, 0.1) is 0 Å². The fourth-order valence-electron chi connectivity index (χ4n) is 2.56. The summed E-state index contributed by atoms with van der Waals surface area (Å²) in [4.78, 5) is 0. The molecule has 2 atom stereocenters. The van der Waals surface area contributed by atoms with E-state index in [-0.39, 0.29) is 12.0 Å². The van der Waals surface area contributed by atoms with Gasteiger partial charge in [-0.15, -0.1) is 0 Å². The number of hydrogen-bond acceptors (Lipinski definition) is 2. The van der Waals surface area contributed by atoms with Gasteiger partial charge in [-0.1, -0.05) is 69.2 Å². The summed E-state index contributed by atoms with van der Waals surface area (Å²) in [6.45, 7) is 2.69. The zero-order valence-electron chi connectivity index (χ0n) is 12.5. The molecule has 20 heavy (non-hydrogen) atoms. The van der Waals surface area contributed by atoms with Gasteiger partial charge in [-0.2, -0.15) is 0 Å². The minimum absolute atomic E-state index is 0.0166. The fourth-order valence-corrected chi connectivity index (χ4v) is 2.69. The molecular weight excluding hydrogens is 270 g/mol. The summed E-state index contributed by atoms with van der Waals surface area (Å²) < 4.78 is 0. The Hall–Kier alpha value is -0.570. The van der Waals surface area contributed by atoms with Gasteiger partial charge in [0.2, 0.25) is 0 Å². The molecule has 2 nitrogen and oxygen atoms in total. The normalized spacial score (nSPS) is 14.2. The first-order valence-corrected chi connectivity index (χ1v) is 8.20. The Morgan fingerprint density at radius 1 is 1.05 bits per heavy atom. The highest BCUT2D eigenvalue weighted by Gasteiger charge is 2.19. The van der Waals surface area contributed by atoms with Gasteiger partial charge in [-0.3, -0.25) is 0 Å². The van der Waals surface area contributed by atoms with Crippen LogP contribution in [-0.2, 0) is 0 Å². The molecule has 0 bridgehead atoms. The molecule has 3 heteroatoms. The van der Waals surface area contributed by atoms with E-state index in [4.69, 9.17) is 17.3 Å². The predicted octanol–water partition coefficient (Wildman–Crippen LogP) is 4.49. The molecule has 0 radical (unpaired) electrons.